The normalized spacial score (nSPS) is 23.0. The molecule has 2 unspecified atom stereocenters. The van der Waals surface area contributed by atoms with Crippen molar-refractivity contribution in [1.29, 1.82) is 0 Å². The maximum Gasteiger partial charge on any atom is 0.252 e. The van der Waals surface area contributed by atoms with E-state index in [0.29, 0.717) is 28.2 Å². The molecule has 18 heavy (non-hydrogen) atoms. The molecular formula is C13H17BrN2O2. The first-order valence-electron chi connectivity index (χ1n) is 6.03. The summed E-state index contributed by atoms with van der Waals surface area (Å²) in [7, 11) is 0. The van der Waals surface area contributed by atoms with Crippen LogP contribution in [0.2, 0.25) is 0 Å². The van der Waals surface area contributed by atoms with Crippen molar-refractivity contribution in [3.05, 3.63) is 28.2 Å². The van der Waals surface area contributed by atoms with E-state index in [-0.39, 0.29) is 12.0 Å². The molecule has 4 nitrogen and oxygen atoms in total. The van der Waals surface area contributed by atoms with Crippen LogP contribution in [0.4, 0.5) is 5.69 Å². The number of hydrogen-bond acceptors (Lipinski definition) is 3. The fraction of sp³-hybridized carbons (Fsp3) is 0.462. The second-order valence-electron chi connectivity index (χ2n) is 4.54. The average Bonchev–Trinajstić information content (AvgIpc) is 2.75. The Morgan fingerprint density at radius 3 is 3.06 bits per heavy atom. The van der Waals surface area contributed by atoms with E-state index in [9.17, 15) is 4.79 Å². The van der Waals surface area contributed by atoms with Crippen molar-refractivity contribution in [1.82, 2.24) is 5.32 Å². The summed E-state index contributed by atoms with van der Waals surface area (Å²) in [5, 5.41) is 2.93. The molecule has 0 aliphatic carbocycles. The lowest BCUT2D eigenvalue weighted by Gasteiger charge is -2.15. The maximum absolute atomic E-state index is 12.0. The first-order chi connectivity index (χ1) is 8.59. The van der Waals surface area contributed by atoms with Crippen LogP contribution in [0.25, 0.3) is 0 Å². The molecule has 2 atom stereocenters. The van der Waals surface area contributed by atoms with Crippen molar-refractivity contribution in [2.24, 2.45) is 5.92 Å². The van der Waals surface area contributed by atoms with E-state index in [2.05, 4.69) is 21.2 Å². The minimum atomic E-state index is -0.103. The molecule has 2 rings (SSSR count). The van der Waals surface area contributed by atoms with Crippen LogP contribution in [0.1, 0.15) is 23.7 Å². The number of benzene rings is 1. The van der Waals surface area contributed by atoms with E-state index in [1.165, 1.54) is 0 Å². The summed E-state index contributed by atoms with van der Waals surface area (Å²) in [5.41, 5.74) is 6.89. The third kappa shape index (κ3) is 2.84. The molecule has 0 bridgehead atoms. The zero-order chi connectivity index (χ0) is 13.1. The van der Waals surface area contributed by atoms with Crippen LogP contribution in [-0.2, 0) is 4.74 Å². The molecule has 1 aromatic rings. The lowest BCUT2D eigenvalue weighted by Crippen LogP contribution is -2.32. The highest BCUT2D eigenvalue weighted by Gasteiger charge is 2.24. The van der Waals surface area contributed by atoms with Crippen LogP contribution in [0.15, 0.2) is 22.7 Å². The van der Waals surface area contributed by atoms with Gasteiger partial charge in [0.25, 0.3) is 5.91 Å². The largest absolute Gasteiger partial charge is 0.398 e. The number of nitrogens with one attached hydrogen (secondary N) is 1. The zero-order valence-electron chi connectivity index (χ0n) is 10.3. The van der Waals surface area contributed by atoms with Gasteiger partial charge in [0.05, 0.1) is 16.1 Å². The van der Waals surface area contributed by atoms with Gasteiger partial charge in [0.1, 0.15) is 0 Å². The van der Waals surface area contributed by atoms with Gasteiger partial charge in [0.15, 0.2) is 0 Å². The molecule has 0 spiro atoms. The Hall–Kier alpha value is -1.07. The van der Waals surface area contributed by atoms with Crippen molar-refractivity contribution in [3.63, 3.8) is 0 Å². The fourth-order valence-electron chi connectivity index (χ4n) is 2.09. The summed E-state index contributed by atoms with van der Waals surface area (Å²) in [6.07, 6.45) is 1.22. The van der Waals surface area contributed by atoms with Gasteiger partial charge in [0, 0.05) is 24.8 Å². The van der Waals surface area contributed by atoms with Gasteiger partial charge >= 0.3 is 0 Å². The summed E-state index contributed by atoms with van der Waals surface area (Å²) in [6.45, 7) is 3.46. The number of nitrogen functional groups attached to an aromatic ring is 1. The van der Waals surface area contributed by atoms with Crippen molar-refractivity contribution in [2.75, 3.05) is 18.9 Å². The lowest BCUT2D eigenvalue weighted by atomic mass is 10.0. The smallest absolute Gasteiger partial charge is 0.252 e. The van der Waals surface area contributed by atoms with Crippen molar-refractivity contribution < 1.29 is 9.53 Å². The zero-order valence-corrected chi connectivity index (χ0v) is 11.9. The number of ether oxygens (including phenoxy) is 1. The van der Waals surface area contributed by atoms with Gasteiger partial charge in [-0.25, -0.2) is 0 Å². The third-order valence-corrected chi connectivity index (χ3v) is 4.22. The van der Waals surface area contributed by atoms with Gasteiger partial charge in [-0.05, 0) is 41.4 Å². The third-order valence-electron chi connectivity index (χ3n) is 3.33. The Labute approximate surface area is 115 Å². The predicted molar refractivity (Wildman–Crippen MR) is 74.4 cm³/mol. The Bertz CT molecular complexity index is 451. The van der Waals surface area contributed by atoms with Gasteiger partial charge in [-0.3, -0.25) is 4.79 Å². The van der Waals surface area contributed by atoms with Crippen LogP contribution in [0, 0.1) is 5.92 Å². The van der Waals surface area contributed by atoms with Crippen molar-refractivity contribution in [2.45, 2.75) is 19.4 Å². The minimum absolute atomic E-state index is 0.103. The molecule has 1 aliphatic heterocycles. The number of anilines is 1. The predicted octanol–water partition coefficient (Wildman–Crippen LogP) is 2.19. The van der Waals surface area contributed by atoms with Crippen LogP contribution in [0.5, 0.6) is 0 Å². The van der Waals surface area contributed by atoms with Crippen LogP contribution in [0.3, 0.4) is 0 Å². The number of halogens is 1. The standard InChI is InChI=1S/C13H17BrN2O2/c1-8-9(5-6-18-8)7-16-13(17)10-3-2-4-11(15)12(10)14/h2-4,8-9H,5-7,15H2,1H3,(H,16,17). The quantitative estimate of drug-likeness (QED) is 0.841. The van der Waals surface area contributed by atoms with E-state index < -0.39 is 0 Å². The fourth-order valence-corrected chi connectivity index (χ4v) is 2.53. The first kappa shape index (κ1) is 13.4. The molecule has 1 aliphatic rings. The van der Waals surface area contributed by atoms with E-state index in [4.69, 9.17) is 10.5 Å². The Morgan fingerprint density at radius 2 is 2.39 bits per heavy atom. The van der Waals surface area contributed by atoms with Crippen molar-refractivity contribution in [3.8, 4) is 0 Å². The molecular weight excluding hydrogens is 296 g/mol. The Balaban J connectivity index is 1.97. The number of carbonyl (C=O) groups is 1. The minimum Gasteiger partial charge on any atom is -0.398 e. The maximum atomic E-state index is 12.0. The molecule has 3 N–H and O–H groups in total. The summed E-state index contributed by atoms with van der Waals surface area (Å²) in [5.74, 6) is 0.294. The molecule has 1 amide bonds. The van der Waals surface area contributed by atoms with E-state index in [1.54, 1.807) is 18.2 Å². The Morgan fingerprint density at radius 1 is 1.61 bits per heavy atom. The molecule has 5 heteroatoms. The van der Waals surface area contributed by atoms with Gasteiger partial charge in [0.2, 0.25) is 0 Å². The van der Waals surface area contributed by atoms with Gasteiger partial charge in [-0.15, -0.1) is 0 Å². The number of rotatable bonds is 3. The molecule has 1 aromatic carbocycles. The average molecular weight is 313 g/mol. The number of nitrogens with two attached hydrogens (primary N) is 1. The number of amides is 1. The molecule has 0 aromatic heterocycles. The van der Waals surface area contributed by atoms with Crippen LogP contribution in [-0.4, -0.2) is 25.2 Å². The van der Waals surface area contributed by atoms with E-state index in [0.717, 1.165) is 13.0 Å². The second kappa shape index (κ2) is 5.71. The summed E-state index contributed by atoms with van der Waals surface area (Å²) in [4.78, 5) is 12.0. The first-order valence-corrected chi connectivity index (χ1v) is 6.82. The molecule has 1 heterocycles. The highest BCUT2D eigenvalue weighted by Crippen LogP contribution is 2.24. The van der Waals surface area contributed by atoms with Crippen molar-refractivity contribution >= 4 is 27.5 Å². The molecule has 1 saturated heterocycles. The lowest BCUT2D eigenvalue weighted by molar-refractivity contribution is 0.0907. The van der Waals surface area contributed by atoms with Crippen LogP contribution >= 0.6 is 15.9 Å². The second-order valence-corrected chi connectivity index (χ2v) is 5.34. The van der Waals surface area contributed by atoms with Gasteiger partial charge < -0.3 is 15.8 Å². The molecule has 98 valence electrons. The molecule has 0 saturated carbocycles. The molecule has 0 radical (unpaired) electrons. The van der Waals surface area contributed by atoms with E-state index in [1.807, 2.05) is 6.92 Å². The monoisotopic (exact) mass is 312 g/mol. The van der Waals surface area contributed by atoms with Crippen LogP contribution < -0.4 is 11.1 Å². The Kier molecular flexibility index (Phi) is 4.24. The van der Waals surface area contributed by atoms with Gasteiger partial charge in [-0.2, -0.15) is 0 Å². The topological polar surface area (TPSA) is 64.3 Å². The van der Waals surface area contributed by atoms with E-state index >= 15 is 0 Å². The highest BCUT2D eigenvalue weighted by molar-refractivity contribution is 9.10. The highest BCUT2D eigenvalue weighted by atomic mass is 79.9. The molecule has 1 fully saturated rings. The SMILES string of the molecule is CC1OCCC1CNC(=O)c1cccc(N)c1Br. The summed E-state index contributed by atoms with van der Waals surface area (Å²) >= 11 is 3.34. The van der Waals surface area contributed by atoms with Gasteiger partial charge in [-0.1, -0.05) is 6.07 Å². The number of hydrogen-bond donors (Lipinski definition) is 2. The summed E-state index contributed by atoms with van der Waals surface area (Å²) < 4.78 is 6.12. The summed E-state index contributed by atoms with van der Waals surface area (Å²) in [6, 6.07) is 5.29. The number of carbonyl (C=O) groups excluding carboxylic acids is 1.